The van der Waals surface area contributed by atoms with Gasteiger partial charge < -0.3 is 9.88 Å². The Morgan fingerprint density at radius 2 is 2.24 bits per heavy atom. The zero-order chi connectivity index (χ0) is 17.8. The number of carbonyl (C=O) groups is 2. The van der Waals surface area contributed by atoms with Crippen molar-refractivity contribution in [3.8, 4) is 0 Å². The SMILES string of the molecule is CCNC(=O)NC(=O)[C@H](C)Sc1nnc(Cc2cccs2)n1C1CC1. The van der Waals surface area contributed by atoms with Crippen LogP contribution in [0.1, 0.15) is 43.4 Å². The van der Waals surface area contributed by atoms with Gasteiger partial charge in [0.2, 0.25) is 5.91 Å². The quantitative estimate of drug-likeness (QED) is 0.722. The Kier molecular flexibility index (Phi) is 5.74. The molecule has 0 spiro atoms. The summed E-state index contributed by atoms with van der Waals surface area (Å²) in [6.07, 6.45) is 2.98. The van der Waals surface area contributed by atoms with Gasteiger partial charge >= 0.3 is 6.03 Å². The molecule has 2 heterocycles. The Morgan fingerprint density at radius 1 is 1.44 bits per heavy atom. The van der Waals surface area contributed by atoms with Crippen LogP contribution in [-0.2, 0) is 11.2 Å². The molecule has 3 rings (SSSR count). The van der Waals surface area contributed by atoms with Crippen molar-refractivity contribution in [2.24, 2.45) is 0 Å². The van der Waals surface area contributed by atoms with Crippen LogP contribution in [0.3, 0.4) is 0 Å². The predicted molar refractivity (Wildman–Crippen MR) is 98.0 cm³/mol. The van der Waals surface area contributed by atoms with E-state index < -0.39 is 11.3 Å². The zero-order valence-electron chi connectivity index (χ0n) is 14.2. The number of rotatable bonds is 7. The molecule has 134 valence electrons. The number of hydrogen-bond acceptors (Lipinski definition) is 6. The van der Waals surface area contributed by atoms with Crippen LogP contribution in [-0.4, -0.2) is 38.5 Å². The highest BCUT2D eigenvalue weighted by atomic mass is 32.2. The summed E-state index contributed by atoms with van der Waals surface area (Å²) in [4.78, 5) is 24.9. The number of amides is 3. The Bertz CT molecular complexity index is 740. The van der Waals surface area contributed by atoms with E-state index in [-0.39, 0.29) is 5.91 Å². The van der Waals surface area contributed by atoms with Gasteiger partial charge in [-0.05, 0) is 38.1 Å². The molecule has 9 heteroatoms. The van der Waals surface area contributed by atoms with E-state index in [9.17, 15) is 9.59 Å². The second kappa shape index (κ2) is 8.01. The van der Waals surface area contributed by atoms with E-state index in [1.165, 1.54) is 16.6 Å². The van der Waals surface area contributed by atoms with E-state index in [2.05, 4.69) is 36.8 Å². The van der Waals surface area contributed by atoms with Crippen molar-refractivity contribution in [2.75, 3.05) is 6.54 Å². The molecule has 1 saturated carbocycles. The van der Waals surface area contributed by atoms with Crippen molar-refractivity contribution in [1.29, 1.82) is 0 Å². The van der Waals surface area contributed by atoms with Gasteiger partial charge in [-0.1, -0.05) is 17.8 Å². The second-order valence-electron chi connectivity index (χ2n) is 5.86. The van der Waals surface area contributed by atoms with Crippen LogP contribution >= 0.6 is 23.1 Å². The van der Waals surface area contributed by atoms with Gasteiger partial charge in [-0.2, -0.15) is 0 Å². The summed E-state index contributed by atoms with van der Waals surface area (Å²) in [5, 5.41) is 15.9. The number of imide groups is 1. The predicted octanol–water partition coefficient (Wildman–Crippen LogP) is 2.59. The van der Waals surface area contributed by atoms with Crippen LogP contribution < -0.4 is 10.6 Å². The van der Waals surface area contributed by atoms with Crippen molar-refractivity contribution >= 4 is 35.0 Å². The molecule has 0 saturated heterocycles. The Morgan fingerprint density at radius 3 is 2.88 bits per heavy atom. The monoisotopic (exact) mass is 379 g/mol. The lowest BCUT2D eigenvalue weighted by atomic mass is 10.3. The molecule has 2 aromatic heterocycles. The smallest absolute Gasteiger partial charge is 0.321 e. The first-order valence-electron chi connectivity index (χ1n) is 8.30. The minimum atomic E-state index is -0.470. The van der Waals surface area contributed by atoms with Crippen LogP contribution in [0.5, 0.6) is 0 Å². The molecule has 0 bridgehead atoms. The average Bonchev–Trinajstić information content (AvgIpc) is 3.13. The number of carbonyl (C=O) groups excluding carboxylic acids is 2. The van der Waals surface area contributed by atoms with E-state index >= 15 is 0 Å². The van der Waals surface area contributed by atoms with E-state index in [4.69, 9.17) is 0 Å². The lowest BCUT2D eigenvalue weighted by Crippen LogP contribution is -2.42. The molecule has 25 heavy (non-hydrogen) atoms. The van der Waals surface area contributed by atoms with Crippen LogP contribution in [0.15, 0.2) is 22.7 Å². The van der Waals surface area contributed by atoms with Gasteiger partial charge in [0, 0.05) is 23.9 Å². The molecule has 0 aromatic carbocycles. The molecule has 2 N–H and O–H groups in total. The summed E-state index contributed by atoms with van der Waals surface area (Å²) in [6.45, 7) is 4.04. The number of thioether (sulfide) groups is 1. The van der Waals surface area contributed by atoms with Crippen LogP contribution in [0.25, 0.3) is 0 Å². The first-order valence-corrected chi connectivity index (χ1v) is 10.1. The van der Waals surface area contributed by atoms with Gasteiger partial charge in [0.05, 0.1) is 5.25 Å². The number of hydrogen-bond donors (Lipinski definition) is 2. The first-order chi connectivity index (χ1) is 12.1. The number of nitrogens with zero attached hydrogens (tertiary/aromatic N) is 3. The maximum absolute atomic E-state index is 12.1. The average molecular weight is 380 g/mol. The number of nitrogens with one attached hydrogen (secondary N) is 2. The second-order valence-corrected chi connectivity index (χ2v) is 8.21. The van der Waals surface area contributed by atoms with E-state index in [0.29, 0.717) is 12.6 Å². The van der Waals surface area contributed by atoms with Crippen molar-refractivity contribution in [1.82, 2.24) is 25.4 Å². The van der Waals surface area contributed by atoms with Crippen molar-refractivity contribution in [3.05, 3.63) is 28.2 Å². The van der Waals surface area contributed by atoms with Crippen LogP contribution in [0, 0.1) is 0 Å². The number of aromatic nitrogens is 3. The molecule has 1 fully saturated rings. The highest BCUT2D eigenvalue weighted by molar-refractivity contribution is 8.00. The molecule has 1 aliphatic rings. The molecule has 7 nitrogen and oxygen atoms in total. The Labute approximate surface area is 154 Å². The summed E-state index contributed by atoms with van der Waals surface area (Å²) in [6, 6.07) is 4.07. The van der Waals surface area contributed by atoms with Crippen molar-refractivity contribution < 1.29 is 9.59 Å². The molecule has 0 unspecified atom stereocenters. The lowest BCUT2D eigenvalue weighted by molar-refractivity contribution is -0.119. The third kappa shape index (κ3) is 4.60. The maximum Gasteiger partial charge on any atom is 0.321 e. The lowest BCUT2D eigenvalue weighted by Gasteiger charge is -2.13. The van der Waals surface area contributed by atoms with Crippen molar-refractivity contribution in [3.63, 3.8) is 0 Å². The van der Waals surface area contributed by atoms with Gasteiger partial charge in [-0.25, -0.2) is 4.79 Å². The van der Waals surface area contributed by atoms with Gasteiger partial charge in [0.25, 0.3) is 0 Å². The minimum Gasteiger partial charge on any atom is -0.338 e. The summed E-state index contributed by atoms with van der Waals surface area (Å²) in [5.41, 5.74) is 0. The maximum atomic E-state index is 12.1. The zero-order valence-corrected chi connectivity index (χ0v) is 15.8. The third-order valence-electron chi connectivity index (χ3n) is 3.79. The van der Waals surface area contributed by atoms with Crippen molar-refractivity contribution in [2.45, 2.75) is 49.6 Å². The van der Waals surface area contributed by atoms with Gasteiger partial charge in [0.15, 0.2) is 5.16 Å². The molecular weight excluding hydrogens is 358 g/mol. The minimum absolute atomic E-state index is 0.332. The molecule has 3 amide bonds. The highest BCUT2D eigenvalue weighted by Gasteiger charge is 2.31. The molecule has 0 aliphatic heterocycles. The largest absolute Gasteiger partial charge is 0.338 e. The van der Waals surface area contributed by atoms with Crippen LogP contribution in [0.4, 0.5) is 4.79 Å². The van der Waals surface area contributed by atoms with E-state index in [0.717, 1.165) is 30.2 Å². The molecule has 0 radical (unpaired) electrons. The molecule has 2 aromatic rings. The fraction of sp³-hybridized carbons (Fsp3) is 0.500. The summed E-state index contributed by atoms with van der Waals surface area (Å²) in [5.74, 6) is 0.602. The highest BCUT2D eigenvalue weighted by Crippen LogP contribution is 2.40. The summed E-state index contributed by atoms with van der Waals surface area (Å²) in [7, 11) is 0. The molecule has 1 aliphatic carbocycles. The Hall–Kier alpha value is -1.87. The fourth-order valence-corrected chi connectivity index (χ4v) is 4.05. The number of urea groups is 1. The third-order valence-corrected chi connectivity index (χ3v) is 5.72. The van der Waals surface area contributed by atoms with E-state index in [1.54, 1.807) is 25.2 Å². The standard InChI is InChI=1S/C16H21N5O2S2/c1-3-17-15(23)18-14(22)10(2)25-16-20-19-13(21(16)11-6-7-11)9-12-5-4-8-24-12/h4-5,8,10-11H,3,6-7,9H2,1-2H3,(H2,17,18,22,23)/t10-/m0/s1. The first kappa shape index (κ1) is 17.9. The van der Waals surface area contributed by atoms with Crippen LogP contribution in [0.2, 0.25) is 0 Å². The Balaban J connectivity index is 1.68. The summed E-state index contributed by atoms with van der Waals surface area (Å²) < 4.78 is 2.15. The fourth-order valence-electron chi connectivity index (χ4n) is 2.41. The van der Waals surface area contributed by atoms with Gasteiger partial charge in [-0.15, -0.1) is 21.5 Å². The number of thiophene rings is 1. The summed E-state index contributed by atoms with van der Waals surface area (Å²) >= 11 is 3.04. The topological polar surface area (TPSA) is 88.9 Å². The normalized spacial score (nSPS) is 15.0. The van der Waals surface area contributed by atoms with Gasteiger partial charge in [0.1, 0.15) is 5.82 Å². The molecule has 1 atom stereocenters. The van der Waals surface area contributed by atoms with E-state index in [1.807, 2.05) is 6.07 Å². The molecular formula is C16H21N5O2S2. The van der Waals surface area contributed by atoms with Gasteiger partial charge in [-0.3, -0.25) is 10.1 Å².